The Hall–Kier alpha value is -0.530. The minimum atomic E-state index is -0.132. The van der Waals surface area contributed by atoms with E-state index in [9.17, 15) is 4.79 Å². The van der Waals surface area contributed by atoms with Crippen molar-refractivity contribution in [1.29, 1.82) is 0 Å². The molecule has 0 bridgehead atoms. The van der Waals surface area contributed by atoms with Gasteiger partial charge in [0.15, 0.2) is 5.96 Å². The predicted molar refractivity (Wildman–Crippen MR) is 87.6 cm³/mol. The van der Waals surface area contributed by atoms with E-state index in [-0.39, 0.29) is 35.8 Å². The molecule has 0 aromatic rings. The van der Waals surface area contributed by atoms with Crippen LogP contribution in [0.4, 0.5) is 0 Å². The summed E-state index contributed by atoms with van der Waals surface area (Å²) in [6.45, 7) is 0.942. The molecule has 2 rings (SSSR count). The first kappa shape index (κ1) is 16.5. The predicted octanol–water partition coefficient (Wildman–Crippen LogP) is 1.22. The standard InChI is InChI=1S/C13H24N4O.HI/c1-15-13(17-11-6-7-11)16-8-9-2-4-10(5-3-9)12(14)18;/h9-11H,2-8H2,1H3,(H2,14,18)(H2,15,16,17);1H. The van der Waals surface area contributed by atoms with E-state index in [0.29, 0.717) is 12.0 Å². The Kier molecular flexibility index (Phi) is 6.88. The van der Waals surface area contributed by atoms with Gasteiger partial charge in [-0.2, -0.15) is 0 Å². The van der Waals surface area contributed by atoms with Gasteiger partial charge in [0.25, 0.3) is 0 Å². The molecule has 0 aromatic heterocycles. The van der Waals surface area contributed by atoms with Crippen LogP contribution in [0.25, 0.3) is 0 Å². The molecule has 19 heavy (non-hydrogen) atoms. The van der Waals surface area contributed by atoms with Crippen LogP contribution < -0.4 is 16.4 Å². The van der Waals surface area contributed by atoms with E-state index in [1.807, 2.05) is 7.05 Å². The molecule has 0 heterocycles. The van der Waals surface area contributed by atoms with Crippen LogP contribution >= 0.6 is 24.0 Å². The molecule has 6 heteroatoms. The fourth-order valence-electron chi connectivity index (χ4n) is 2.51. The summed E-state index contributed by atoms with van der Waals surface area (Å²) in [5, 5.41) is 6.75. The maximum atomic E-state index is 11.1. The van der Waals surface area contributed by atoms with Gasteiger partial charge in [0.1, 0.15) is 0 Å². The third-order valence-electron chi connectivity index (χ3n) is 3.95. The van der Waals surface area contributed by atoms with Crippen LogP contribution in [0.1, 0.15) is 38.5 Å². The summed E-state index contributed by atoms with van der Waals surface area (Å²) in [7, 11) is 1.81. The number of aliphatic imine (C=N–C) groups is 1. The molecule has 5 nitrogen and oxygen atoms in total. The summed E-state index contributed by atoms with van der Waals surface area (Å²) in [4.78, 5) is 15.3. The second kappa shape index (κ2) is 7.91. The molecule has 0 aliphatic heterocycles. The molecule has 0 radical (unpaired) electrons. The van der Waals surface area contributed by atoms with Gasteiger partial charge in [-0.05, 0) is 44.4 Å². The molecule has 4 N–H and O–H groups in total. The lowest BCUT2D eigenvalue weighted by molar-refractivity contribution is -0.122. The maximum Gasteiger partial charge on any atom is 0.220 e. The first-order valence-electron chi connectivity index (χ1n) is 6.95. The number of amides is 1. The second-order valence-electron chi connectivity index (χ2n) is 5.49. The Labute approximate surface area is 132 Å². The number of nitrogens with one attached hydrogen (secondary N) is 2. The molecule has 0 unspecified atom stereocenters. The van der Waals surface area contributed by atoms with Crippen molar-refractivity contribution in [1.82, 2.24) is 10.6 Å². The zero-order valence-corrected chi connectivity index (χ0v) is 13.9. The molecule has 0 aromatic carbocycles. The highest BCUT2D eigenvalue weighted by molar-refractivity contribution is 14.0. The summed E-state index contributed by atoms with van der Waals surface area (Å²) < 4.78 is 0. The molecule has 2 fully saturated rings. The number of carbonyl (C=O) groups is 1. The fraction of sp³-hybridized carbons (Fsp3) is 0.846. The summed E-state index contributed by atoms with van der Waals surface area (Å²) in [6.07, 6.45) is 6.56. The van der Waals surface area contributed by atoms with E-state index in [4.69, 9.17) is 5.73 Å². The quantitative estimate of drug-likeness (QED) is 0.390. The maximum absolute atomic E-state index is 11.1. The van der Waals surface area contributed by atoms with Crippen LogP contribution in [0.5, 0.6) is 0 Å². The number of guanidine groups is 1. The van der Waals surface area contributed by atoms with Gasteiger partial charge in [-0.15, -0.1) is 24.0 Å². The molecular formula is C13H25IN4O. The van der Waals surface area contributed by atoms with Crippen LogP contribution in [0.2, 0.25) is 0 Å². The number of nitrogens with zero attached hydrogens (tertiary/aromatic N) is 1. The van der Waals surface area contributed by atoms with E-state index in [0.717, 1.165) is 38.2 Å². The van der Waals surface area contributed by atoms with Crippen molar-refractivity contribution in [2.24, 2.45) is 22.6 Å². The number of carbonyl (C=O) groups excluding carboxylic acids is 1. The van der Waals surface area contributed by atoms with Crippen molar-refractivity contribution in [3.05, 3.63) is 0 Å². The van der Waals surface area contributed by atoms with Gasteiger partial charge in [0.05, 0.1) is 0 Å². The van der Waals surface area contributed by atoms with Gasteiger partial charge >= 0.3 is 0 Å². The Morgan fingerprint density at radius 2 is 1.84 bits per heavy atom. The fourth-order valence-corrected chi connectivity index (χ4v) is 2.51. The van der Waals surface area contributed by atoms with E-state index >= 15 is 0 Å². The highest BCUT2D eigenvalue weighted by atomic mass is 127. The lowest BCUT2D eigenvalue weighted by Crippen LogP contribution is -2.41. The highest BCUT2D eigenvalue weighted by Crippen LogP contribution is 2.28. The smallest absolute Gasteiger partial charge is 0.220 e. The molecule has 0 saturated heterocycles. The van der Waals surface area contributed by atoms with Crippen LogP contribution in [-0.2, 0) is 4.79 Å². The highest BCUT2D eigenvalue weighted by Gasteiger charge is 2.25. The van der Waals surface area contributed by atoms with E-state index in [1.54, 1.807) is 0 Å². The van der Waals surface area contributed by atoms with Crippen molar-refractivity contribution < 1.29 is 4.79 Å². The second-order valence-corrected chi connectivity index (χ2v) is 5.49. The minimum absolute atomic E-state index is 0. The van der Waals surface area contributed by atoms with Gasteiger partial charge in [-0.3, -0.25) is 9.79 Å². The lowest BCUT2D eigenvalue weighted by Gasteiger charge is -2.27. The van der Waals surface area contributed by atoms with Crippen LogP contribution in [0.15, 0.2) is 4.99 Å². The molecule has 0 spiro atoms. The average molecular weight is 380 g/mol. The topological polar surface area (TPSA) is 79.5 Å². The van der Waals surface area contributed by atoms with Crippen molar-refractivity contribution >= 4 is 35.8 Å². The van der Waals surface area contributed by atoms with Gasteiger partial charge in [0, 0.05) is 25.6 Å². The van der Waals surface area contributed by atoms with Crippen molar-refractivity contribution in [2.75, 3.05) is 13.6 Å². The normalized spacial score (nSPS) is 27.3. The Balaban J connectivity index is 0.00000180. The average Bonchev–Trinajstić information content (AvgIpc) is 3.18. The van der Waals surface area contributed by atoms with E-state index in [2.05, 4.69) is 15.6 Å². The van der Waals surface area contributed by atoms with Crippen LogP contribution in [0.3, 0.4) is 0 Å². The summed E-state index contributed by atoms with van der Waals surface area (Å²) in [5.41, 5.74) is 5.33. The van der Waals surface area contributed by atoms with Gasteiger partial charge in [-0.1, -0.05) is 0 Å². The third kappa shape index (κ3) is 5.54. The largest absolute Gasteiger partial charge is 0.369 e. The number of hydrogen-bond acceptors (Lipinski definition) is 2. The number of primary amides is 1. The summed E-state index contributed by atoms with van der Waals surface area (Å²) in [5.74, 6) is 1.52. The van der Waals surface area contributed by atoms with Gasteiger partial charge in [-0.25, -0.2) is 0 Å². The number of hydrogen-bond donors (Lipinski definition) is 3. The zero-order chi connectivity index (χ0) is 13.0. The molecule has 2 aliphatic rings. The molecule has 1 amide bonds. The lowest BCUT2D eigenvalue weighted by atomic mass is 9.82. The third-order valence-corrected chi connectivity index (χ3v) is 3.95. The number of nitrogens with two attached hydrogens (primary N) is 1. The van der Waals surface area contributed by atoms with Crippen molar-refractivity contribution in [3.8, 4) is 0 Å². The Morgan fingerprint density at radius 1 is 1.21 bits per heavy atom. The Bertz CT molecular complexity index is 323. The van der Waals surface area contributed by atoms with Gasteiger partial charge in [0.2, 0.25) is 5.91 Å². The molecule has 0 atom stereocenters. The molecule has 2 saturated carbocycles. The van der Waals surface area contributed by atoms with Crippen LogP contribution in [0, 0.1) is 11.8 Å². The Morgan fingerprint density at radius 3 is 2.32 bits per heavy atom. The summed E-state index contributed by atoms with van der Waals surface area (Å²) in [6, 6.07) is 0.627. The first-order valence-corrected chi connectivity index (χ1v) is 6.95. The van der Waals surface area contributed by atoms with Gasteiger partial charge < -0.3 is 16.4 Å². The van der Waals surface area contributed by atoms with Crippen LogP contribution in [-0.4, -0.2) is 31.5 Å². The van der Waals surface area contributed by atoms with E-state index < -0.39 is 0 Å². The minimum Gasteiger partial charge on any atom is -0.369 e. The van der Waals surface area contributed by atoms with E-state index in [1.165, 1.54) is 12.8 Å². The number of rotatable bonds is 4. The molecule has 2 aliphatic carbocycles. The summed E-state index contributed by atoms with van der Waals surface area (Å²) >= 11 is 0. The SMILES string of the molecule is CN=C(NCC1CCC(C(N)=O)CC1)NC1CC1.I. The van der Waals surface area contributed by atoms with Crippen molar-refractivity contribution in [3.63, 3.8) is 0 Å². The van der Waals surface area contributed by atoms with Crippen molar-refractivity contribution in [2.45, 2.75) is 44.6 Å². The zero-order valence-electron chi connectivity index (χ0n) is 11.5. The molecule has 110 valence electrons. The number of halogens is 1. The monoisotopic (exact) mass is 380 g/mol. The first-order chi connectivity index (χ1) is 8.69. The molecular weight excluding hydrogens is 355 g/mol.